The maximum atomic E-state index is 6.68. The van der Waals surface area contributed by atoms with Crippen LogP contribution in [0.5, 0.6) is 11.5 Å². The lowest BCUT2D eigenvalue weighted by molar-refractivity contribution is 0.479. The molecule has 1 fully saturated rings. The molecule has 1 N–H and O–H groups in total. The first-order valence-electron chi connectivity index (χ1n) is 13.3. The van der Waals surface area contributed by atoms with Crippen LogP contribution in [0.25, 0.3) is 5.69 Å². The molecule has 0 bridgehead atoms. The highest BCUT2D eigenvalue weighted by Crippen LogP contribution is 2.44. The van der Waals surface area contributed by atoms with Gasteiger partial charge in [0.05, 0.1) is 33.5 Å². The fraction of sp³-hybridized carbons (Fsp3) is 0.152. The Morgan fingerprint density at radius 2 is 1.63 bits per heavy atom. The molecule has 0 amide bonds. The number of hydrogen-bond acceptors (Lipinski definition) is 3. The van der Waals surface area contributed by atoms with Gasteiger partial charge in [-0.3, -0.25) is 4.98 Å². The van der Waals surface area contributed by atoms with Crippen molar-refractivity contribution in [2.45, 2.75) is 32.9 Å². The molecule has 41 heavy (non-hydrogen) atoms. The van der Waals surface area contributed by atoms with Gasteiger partial charge in [-0.2, -0.15) is 0 Å². The summed E-state index contributed by atoms with van der Waals surface area (Å²) >= 11 is 19.0. The van der Waals surface area contributed by atoms with Gasteiger partial charge in [-0.15, -0.1) is 0 Å². The van der Waals surface area contributed by atoms with E-state index in [-0.39, 0.29) is 12.1 Å². The van der Waals surface area contributed by atoms with Gasteiger partial charge in [0.1, 0.15) is 11.5 Å². The number of anilines is 1. The summed E-state index contributed by atoms with van der Waals surface area (Å²) in [6.07, 6.45) is 1.81. The average Bonchev–Trinajstić information content (AvgIpc) is 3.47. The van der Waals surface area contributed by atoms with Gasteiger partial charge in [0.15, 0.2) is 5.11 Å². The van der Waals surface area contributed by atoms with Crippen LogP contribution in [0.15, 0.2) is 97.2 Å². The Hall–Kier alpha value is -3.84. The van der Waals surface area contributed by atoms with Crippen molar-refractivity contribution in [2.75, 3.05) is 4.90 Å². The summed E-state index contributed by atoms with van der Waals surface area (Å²) in [5.41, 5.74) is 6.99. The zero-order valence-electron chi connectivity index (χ0n) is 22.8. The fourth-order valence-electron chi connectivity index (χ4n) is 5.54. The summed E-state index contributed by atoms with van der Waals surface area (Å²) in [6, 6.07) is 29.5. The van der Waals surface area contributed by atoms with Crippen molar-refractivity contribution in [3.05, 3.63) is 135 Å². The van der Waals surface area contributed by atoms with E-state index in [9.17, 15) is 0 Å². The molecular formula is C33H28Cl2N4OS. The summed E-state index contributed by atoms with van der Waals surface area (Å²) < 4.78 is 8.31. The number of pyridine rings is 1. The van der Waals surface area contributed by atoms with Crippen LogP contribution in [-0.2, 0) is 0 Å². The Kier molecular flexibility index (Phi) is 7.47. The van der Waals surface area contributed by atoms with Crippen molar-refractivity contribution in [1.29, 1.82) is 0 Å². The van der Waals surface area contributed by atoms with Gasteiger partial charge >= 0.3 is 0 Å². The molecule has 1 aliphatic heterocycles. The van der Waals surface area contributed by atoms with Gasteiger partial charge < -0.3 is 19.5 Å². The van der Waals surface area contributed by atoms with E-state index < -0.39 is 0 Å². The van der Waals surface area contributed by atoms with E-state index in [0.717, 1.165) is 51.1 Å². The van der Waals surface area contributed by atoms with Crippen LogP contribution in [-0.4, -0.2) is 14.7 Å². The smallest absolute Gasteiger partial charge is 0.174 e. The second kappa shape index (κ2) is 11.2. The zero-order chi connectivity index (χ0) is 28.7. The number of thiocarbonyl (C=S) groups is 1. The first-order chi connectivity index (χ1) is 19.8. The van der Waals surface area contributed by atoms with E-state index in [2.05, 4.69) is 34.7 Å². The summed E-state index contributed by atoms with van der Waals surface area (Å²) in [6.45, 7) is 6.22. The molecule has 0 spiro atoms. The average molecular weight is 600 g/mol. The fourth-order valence-corrected chi connectivity index (χ4v) is 6.27. The Labute approximate surface area is 255 Å². The number of rotatable bonds is 6. The Morgan fingerprint density at radius 3 is 2.37 bits per heavy atom. The van der Waals surface area contributed by atoms with Crippen LogP contribution in [0.3, 0.4) is 0 Å². The standard InChI is InChI=1S/C33H28Cl2N4OS/c1-20-9-4-5-13-29(20)40-24-16-14-23(15-17-24)39-32(31(37-33(39)41)27-11-6-7-18-36-27)25-19-21(2)38(22(25)3)28-12-8-10-26(34)30(28)35/h4-19,31-32H,1-3H3,(H,37,41)/t31-,32+/m1/s1. The van der Waals surface area contributed by atoms with E-state index in [1.807, 2.05) is 92.0 Å². The number of benzene rings is 3. The molecule has 1 aliphatic rings. The van der Waals surface area contributed by atoms with Crippen molar-refractivity contribution in [3.8, 4) is 17.2 Å². The topological polar surface area (TPSA) is 42.3 Å². The van der Waals surface area contributed by atoms with Gasteiger partial charge in [-0.1, -0.05) is 53.5 Å². The summed E-state index contributed by atoms with van der Waals surface area (Å²) in [5.74, 6) is 1.59. The zero-order valence-corrected chi connectivity index (χ0v) is 25.1. The van der Waals surface area contributed by atoms with Crippen molar-refractivity contribution in [2.24, 2.45) is 0 Å². The van der Waals surface area contributed by atoms with E-state index in [1.165, 1.54) is 0 Å². The Balaban J connectivity index is 1.43. The quantitative estimate of drug-likeness (QED) is 0.197. The van der Waals surface area contributed by atoms with Crippen LogP contribution in [0, 0.1) is 20.8 Å². The predicted octanol–water partition coefficient (Wildman–Crippen LogP) is 9.07. The minimum atomic E-state index is -0.171. The lowest BCUT2D eigenvalue weighted by Gasteiger charge is -2.28. The molecule has 0 radical (unpaired) electrons. The molecule has 8 heteroatoms. The molecule has 206 valence electrons. The number of hydrogen-bond donors (Lipinski definition) is 1. The number of nitrogens with one attached hydrogen (secondary N) is 1. The van der Waals surface area contributed by atoms with Crippen molar-refractivity contribution in [1.82, 2.24) is 14.9 Å². The van der Waals surface area contributed by atoms with Crippen LogP contribution >= 0.6 is 35.4 Å². The molecule has 0 aliphatic carbocycles. The third kappa shape index (κ3) is 5.08. The number of nitrogens with zero attached hydrogens (tertiary/aromatic N) is 3. The molecule has 2 aromatic heterocycles. The minimum Gasteiger partial charge on any atom is -0.457 e. The molecule has 0 saturated carbocycles. The molecule has 0 unspecified atom stereocenters. The van der Waals surface area contributed by atoms with Crippen molar-refractivity contribution in [3.63, 3.8) is 0 Å². The third-order valence-electron chi connectivity index (χ3n) is 7.50. The van der Waals surface area contributed by atoms with Crippen molar-refractivity contribution < 1.29 is 4.74 Å². The van der Waals surface area contributed by atoms with E-state index >= 15 is 0 Å². The molecule has 3 aromatic carbocycles. The largest absolute Gasteiger partial charge is 0.457 e. The summed E-state index contributed by atoms with van der Waals surface area (Å²) in [7, 11) is 0. The van der Waals surface area contributed by atoms with E-state index in [0.29, 0.717) is 15.2 Å². The number of halogens is 2. The molecule has 6 rings (SSSR count). The van der Waals surface area contributed by atoms with E-state index in [4.69, 9.17) is 45.1 Å². The van der Waals surface area contributed by atoms with Gasteiger partial charge in [0, 0.05) is 23.3 Å². The van der Waals surface area contributed by atoms with Gasteiger partial charge in [0.2, 0.25) is 0 Å². The number of ether oxygens (including phenoxy) is 1. The molecular weight excluding hydrogens is 571 g/mol. The second-order valence-corrected chi connectivity index (χ2v) is 11.3. The number of para-hydroxylation sites is 1. The van der Waals surface area contributed by atoms with Crippen LogP contribution in [0.1, 0.15) is 40.3 Å². The normalized spacial score (nSPS) is 16.6. The molecule has 1 saturated heterocycles. The molecule has 3 heterocycles. The predicted molar refractivity (Wildman–Crippen MR) is 171 cm³/mol. The highest BCUT2D eigenvalue weighted by atomic mass is 35.5. The second-order valence-electron chi connectivity index (χ2n) is 10.1. The maximum absolute atomic E-state index is 6.68. The van der Waals surface area contributed by atoms with Crippen molar-refractivity contribution >= 4 is 46.2 Å². The Morgan fingerprint density at radius 1 is 0.878 bits per heavy atom. The third-order valence-corrected chi connectivity index (χ3v) is 8.62. The first-order valence-corrected chi connectivity index (χ1v) is 14.5. The summed E-state index contributed by atoms with van der Waals surface area (Å²) in [4.78, 5) is 6.86. The highest BCUT2D eigenvalue weighted by Gasteiger charge is 2.42. The summed E-state index contributed by atoms with van der Waals surface area (Å²) in [5, 5.41) is 5.22. The van der Waals surface area contributed by atoms with Gasteiger partial charge in [-0.25, -0.2) is 0 Å². The first kappa shape index (κ1) is 27.3. The lowest BCUT2D eigenvalue weighted by Crippen LogP contribution is -2.29. The maximum Gasteiger partial charge on any atom is 0.174 e. The van der Waals surface area contributed by atoms with Crippen LogP contribution in [0.2, 0.25) is 10.0 Å². The van der Waals surface area contributed by atoms with Gasteiger partial charge in [-0.05, 0) is 105 Å². The van der Waals surface area contributed by atoms with E-state index in [1.54, 1.807) is 6.07 Å². The van der Waals surface area contributed by atoms with Crippen LogP contribution < -0.4 is 15.0 Å². The lowest BCUT2D eigenvalue weighted by atomic mass is 9.96. The Bertz CT molecular complexity index is 1740. The molecule has 5 nitrogen and oxygen atoms in total. The SMILES string of the molecule is Cc1ccccc1Oc1ccc(N2C(=S)N[C@H](c3ccccn3)[C@@H]2c2cc(C)n(-c3cccc(Cl)c3Cl)c2C)cc1. The molecule has 2 atom stereocenters. The number of aryl methyl sites for hydroxylation is 2. The van der Waals surface area contributed by atoms with Gasteiger partial charge in [0.25, 0.3) is 0 Å². The number of aromatic nitrogens is 2. The highest BCUT2D eigenvalue weighted by molar-refractivity contribution is 7.80. The monoisotopic (exact) mass is 598 g/mol. The van der Waals surface area contributed by atoms with Crippen LogP contribution in [0.4, 0.5) is 5.69 Å². The molecule has 5 aromatic rings. The minimum absolute atomic E-state index is 0.168.